The van der Waals surface area contributed by atoms with Crippen molar-refractivity contribution in [3.8, 4) is 17.8 Å². The van der Waals surface area contributed by atoms with Gasteiger partial charge >= 0.3 is 10.9 Å². The molecule has 146 valence electrons. The predicted molar refractivity (Wildman–Crippen MR) is 91.0 cm³/mol. The van der Waals surface area contributed by atoms with Crippen molar-refractivity contribution in [2.24, 2.45) is 5.14 Å². The Kier molecular flexibility index (Phi) is 5.81. The maximum absolute atomic E-state index is 14.4. The summed E-state index contributed by atoms with van der Waals surface area (Å²) in [6, 6.07) is 5.28. The van der Waals surface area contributed by atoms with Crippen LogP contribution in [0.15, 0.2) is 30.3 Å². The van der Waals surface area contributed by atoms with E-state index in [1.807, 2.05) is 0 Å². The van der Waals surface area contributed by atoms with Crippen LogP contribution in [0.2, 0.25) is 0 Å². The summed E-state index contributed by atoms with van der Waals surface area (Å²) in [5.74, 6) is -2.39. The molecule has 1 heterocycles. The number of carbonyl (C=O) groups excluding carboxylic acids is 1. The molecule has 2 rings (SSSR count). The second-order valence-corrected chi connectivity index (χ2v) is 6.72. The zero-order valence-electron chi connectivity index (χ0n) is 14.6. The molecule has 1 atom stereocenters. The molecule has 0 radical (unpaired) electrons. The van der Waals surface area contributed by atoms with E-state index in [0.717, 1.165) is 19.2 Å². The van der Waals surface area contributed by atoms with Crippen LogP contribution < -0.4 is 24.7 Å². The van der Waals surface area contributed by atoms with Crippen molar-refractivity contribution in [3.63, 3.8) is 0 Å². The molecule has 0 spiro atoms. The van der Waals surface area contributed by atoms with Gasteiger partial charge in [0.15, 0.2) is 0 Å². The molecule has 0 saturated carbocycles. The van der Waals surface area contributed by atoms with Gasteiger partial charge in [0.25, 0.3) is 15.9 Å². The molecule has 1 aromatic carbocycles. The Morgan fingerprint density at radius 3 is 2.19 bits per heavy atom. The Hall–Kier alpha value is -2.99. The summed E-state index contributed by atoms with van der Waals surface area (Å²) in [6.07, 6.45) is 0. The SMILES string of the molecule is CNC(=O)C(Oc1nc(OC)cc(OC)n1)(c1ccccc1F)S(N)(=O)=O. The van der Waals surface area contributed by atoms with E-state index >= 15 is 0 Å². The van der Waals surface area contributed by atoms with Gasteiger partial charge in [-0.1, -0.05) is 18.2 Å². The van der Waals surface area contributed by atoms with E-state index in [2.05, 4.69) is 15.3 Å². The first kappa shape index (κ1) is 20.3. The first-order chi connectivity index (χ1) is 12.7. The van der Waals surface area contributed by atoms with Crippen LogP contribution in [0, 0.1) is 5.82 Å². The van der Waals surface area contributed by atoms with E-state index in [4.69, 9.17) is 19.3 Å². The van der Waals surface area contributed by atoms with E-state index in [1.54, 1.807) is 0 Å². The maximum Gasteiger partial charge on any atom is 0.330 e. The molecule has 0 aliphatic rings. The molecule has 12 heteroatoms. The minimum Gasteiger partial charge on any atom is -0.481 e. The number of hydrogen-bond donors (Lipinski definition) is 2. The standard InChI is InChI=1S/C15H17FN4O6S/c1-18-13(21)15(27(17,22)23,9-6-4-5-7-10(9)16)26-14-19-11(24-2)8-12(20-14)25-3/h4-8H,1-3H3,(H,18,21)(H2,17,22,23). The highest BCUT2D eigenvalue weighted by atomic mass is 32.2. The second kappa shape index (κ2) is 7.72. The third kappa shape index (κ3) is 3.75. The van der Waals surface area contributed by atoms with Gasteiger partial charge in [-0.3, -0.25) is 4.79 Å². The van der Waals surface area contributed by atoms with Gasteiger partial charge in [0.05, 0.1) is 25.8 Å². The first-order valence-corrected chi connectivity index (χ1v) is 8.89. The molecule has 1 aromatic heterocycles. The minimum atomic E-state index is -4.89. The van der Waals surface area contributed by atoms with E-state index in [-0.39, 0.29) is 11.8 Å². The molecule has 3 N–H and O–H groups in total. The zero-order valence-corrected chi connectivity index (χ0v) is 15.4. The predicted octanol–water partition coefficient (Wildman–Crippen LogP) is -0.101. The van der Waals surface area contributed by atoms with Gasteiger partial charge in [-0.2, -0.15) is 9.97 Å². The molecule has 1 unspecified atom stereocenters. The molecule has 10 nitrogen and oxygen atoms in total. The summed E-state index contributed by atoms with van der Waals surface area (Å²) < 4.78 is 54.5. The third-order valence-corrected chi connectivity index (χ3v) is 4.76. The number of primary sulfonamides is 1. The van der Waals surface area contributed by atoms with Crippen LogP contribution in [0.1, 0.15) is 5.56 Å². The Morgan fingerprint density at radius 2 is 1.74 bits per heavy atom. The summed E-state index contributed by atoms with van der Waals surface area (Å²) in [7, 11) is -1.18. The Labute approximate surface area is 154 Å². The molecule has 0 fully saturated rings. The third-order valence-electron chi connectivity index (χ3n) is 3.47. The Balaban J connectivity index is 2.78. The molecule has 0 aliphatic heterocycles. The number of nitrogens with two attached hydrogens (primary N) is 1. The highest BCUT2D eigenvalue weighted by Gasteiger charge is 2.55. The number of halogens is 1. The lowest BCUT2D eigenvalue weighted by atomic mass is 10.1. The van der Waals surface area contributed by atoms with Crippen molar-refractivity contribution in [2.45, 2.75) is 4.93 Å². The first-order valence-electron chi connectivity index (χ1n) is 7.35. The molecule has 0 saturated heterocycles. The number of rotatable bonds is 7. The van der Waals surface area contributed by atoms with E-state index in [1.165, 1.54) is 32.4 Å². The van der Waals surface area contributed by atoms with Gasteiger partial charge < -0.3 is 19.5 Å². The number of ether oxygens (including phenoxy) is 3. The van der Waals surface area contributed by atoms with E-state index in [0.29, 0.717) is 0 Å². The summed E-state index contributed by atoms with van der Waals surface area (Å²) in [6.45, 7) is 0. The van der Waals surface area contributed by atoms with Gasteiger partial charge in [0.2, 0.25) is 11.8 Å². The highest BCUT2D eigenvalue weighted by molar-refractivity contribution is 7.90. The van der Waals surface area contributed by atoms with Crippen molar-refractivity contribution in [2.75, 3.05) is 21.3 Å². The van der Waals surface area contributed by atoms with Crippen molar-refractivity contribution in [1.29, 1.82) is 0 Å². The number of methoxy groups -OCH3 is 2. The van der Waals surface area contributed by atoms with Crippen LogP contribution in [-0.4, -0.2) is 45.6 Å². The van der Waals surface area contributed by atoms with Gasteiger partial charge in [0, 0.05) is 7.05 Å². The van der Waals surface area contributed by atoms with Gasteiger partial charge in [0.1, 0.15) is 5.82 Å². The topological polar surface area (TPSA) is 143 Å². The zero-order chi connectivity index (χ0) is 20.2. The molecule has 2 aromatic rings. The van der Waals surface area contributed by atoms with Crippen LogP contribution >= 0.6 is 0 Å². The van der Waals surface area contributed by atoms with Crippen LogP contribution in [0.4, 0.5) is 4.39 Å². The monoisotopic (exact) mass is 400 g/mol. The van der Waals surface area contributed by atoms with Crippen LogP contribution in [0.25, 0.3) is 0 Å². The molecular formula is C15H17FN4O6S. The summed E-state index contributed by atoms with van der Waals surface area (Å²) >= 11 is 0. The van der Waals surface area contributed by atoms with Crippen molar-refractivity contribution < 1.29 is 31.8 Å². The van der Waals surface area contributed by atoms with Crippen LogP contribution in [0.5, 0.6) is 17.8 Å². The number of hydrogen-bond acceptors (Lipinski definition) is 8. The average Bonchev–Trinajstić information content (AvgIpc) is 2.64. The lowest BCUT2D eigenvalue weighted by Gasteiger charge is -2.29. The fourth-order valence-electron chi connectivity index (χ4n) is 2.22. The summed E-state index contributed by atoms with van der Waals surface area (Å²) in [5, 5.41) is 7.39. The molecule has 0 bridgehead atoms. The number of nitrogens with one attached hydrogen (secondary N) is 1. The number of carbonyl (C=O) groups is 1. The molecule has 0 aliphatic carbocycles. The van der Waals surface area contributed by atoms with Gasteiger partial charge in [-0.15, -0.1) is 0 Å². The second-order valence-electron chi connectivity index (χ2n) is 5.06. The van der Waals surface area contributed by atoms with Crippen LogP contribution in [0.3, 0.4) is 0 Å². The number of amides is 1. The number of nitrogens with zero attached hydrogens (tertiary/aromatic N) is 2. The average molecular weight is 400 g/mol. The lowest BCUT2D eigenvalue weighted by molar-refractivity contribution is -0.131. The number of benzene rings is 1. The summed E-state index contributed by atoms with van der Waals surface area (Å²) in [4.78, 5) is 17.2. The van der Waals surface area contributed by atoms with Crippen LogP contribution in [-0.2, 0) is 19.8 Å². The van der Waals surface area contributed by atoms with E-state index < -0.39 is 38.3 Å². The molecule has 27 heavy (non-hydrogen) atoms. The quantitative estimate of drug-likeness (QED) is 0.656. The van der Waals surface area contributed by atoms with Gasteiger partial charge in [-0.05, 0) is 6.07 Å². The smallest absolute Gasteiger partial charge is 0.330 e. The van der Waals surface area contributed by atoms with E-state index in [9.17, 15) is 17.6 Å². The minimum absolute atomic E-state index is 0.0504. The molecule has 1 amide bonds. The van der Waals surface area contributed by atoms with Crippen molar-refractivity contribution in [1.82, 2.24) is 15.3 Å². The fraction of sp³-hybridized carbons (Fsp3) is 0.267. The normalized spacial score (nSPS) is 13.4. The fourth-order valence-corrected chi connectivity index (χ4v) is 3.25. The number of aromatic nitrogens is 2. The summed E-state index contributed by atoms with van der Waals surface area (Å²) in [5.41, 5.74) is -0.641. The van der Waals surface area contributed by atoms with Gasteiger partial charge in [-0.25, -0.2) is 17.9 Å². The Bertz CT molecular complexity index is 933. The lowest BCUT2D eigenvalue weighted by Crippen LogP contribution is -2.56. The van der Waals surface area contributed by atoms with Crippen molar-refractivity contribution >= 4 is 15.9 Å². The largest absolute Gasteiger partial charge is 0.481 e. The number of sulfonamides is 1. The maximum atomic E-state index is 14.4. The number of likely N-dealkylation sites (N-methyl/N-ethyl adjacent to an activating group) is 1. The highest BCUT2D eigenvalue weighted by Crippen LogP contribution is 2.34. The Morgan fingerprint density at radius 1 is 1.19 bits per heavy atom. The molecular weight excluding hydrogens is 383 g/mol. The van der Waals surface area contributed by atoms with Crippen molar-refractivity contribution in [3.05, 3.63) is 41.7 Å².